The lowest BCUT2D eigenvalue weighted by molar-refractivity contribution is -0.0661. The summed E-state index contributed by atoms with van der Waals surface area (Å²) in [4.78, 5) is 27.0. The van der Waals surface area contributed by atoms with Gasteiger partial charge < -0.3 is 14.4 Å². The number of carbonyl (C=O) groups excluding carboxylic acids is 1. The summed E-state index contributed by atoms with van der Waals surface area (Å²) in [5, 5.41) is 9.06. The highest BCUT2D eigenvalue weighted by Crippen LogP contribution is 2.35. The summed E-state index contributed by atoms with van der Waals surface area (Å²) in [5.41, 5.74) is 2.11. The molecule has 35 heavy (non-hydrogen) atoms. The van der Waals surface area contributed by atoms with Crippen LogP contribution in [0.1, 0.15) is 21.5 Å². The summed E-state index contributed by atoms with van der Waals surface area (Å²) in [6.45, 7) is 5.52. The van der Waals surface area contributed by atoms with Gasteiger partial charge in [-0.15, -0.1) is 0 Å². The maximum Gasteiger partial charge on any atom is 0.232 e. The Hall–Kier alpha value is -3.45. The van der Waals surface area contributed by atoms with Gasteiger partial charge in [0.05, 0.1) is 42.0 Å². The normalized spacial score (nSPS) is 16.4. The Kier molecular flexibility index (Phi) is 7.23. The topological polar surface area (TPSA) is 91.6 Å². The molecule has 3 heterocycles. The number of aldehydes is 1. The zero-order chi connectivity index (χ0) is 24.0. The largest absolute Gasteiger partial charge is 0.472 e. The summed E-state index contributed by atoms with van der Waals surface area (Å²) in [7, 11) is 0. The predicted octanol–water partition coefficient (Wildman–Crippen LogP) is 3.41. The molecule has 2 saturated heterocycles. The summed E-state index contributed by atoms with van der Waals surface area (Å²) >= 11 is 1.49. The number of carbonyl (C=O) groups is 1. The van der Waals surface area contributed by atoms with E-state index in [1.807, 2.05) is 30.3 Å². The first-order valence-corrected chi connectivity index (χ1v) is 12.3. The maximum atomic E-state index is 11.1. The number of benzene rings is 2. The highest BCUT2D eigenvalue weighted by atomic mass is 32.2. The Bertz CT molecular complexity index is 1220. The lowest BCUT2D eigenvalue weighted by Crippen LogP contribution is -2.56. The van der Waals surface area contributed by atoms with E-state index in [1.54, 1.807) is 24.4 Å². The smallest absolute Gasteiger partial charge is 0.232 e. The van der Waals surface area contributed by atoms with Crippen LogP contribution in [-0.2, 0) is 11.3 Å². The minimum atomic E-state index is 0.286. The van der Waals surface area contributed by atoms with Crippen molar-refractivity contribution in [3.63, 3.8) is 0 Å². The van der Waals surface area contributed by atoms with Crippen LogP contribution in [0.25, 0.3) is 0 Å². The summed E-state index contributed by atoms with van der Waals surface area (Å²) < 4.78 is 11.5. The molecule has 0 amide bonds. The zero-order valence-electron chi connectivity index (χ0n) is 19.2. The number of aromatic nitrogens is 2. The molecule has 0 aliphatic carbocycles. The number of nitriles is 1. The third kappa shape index (κ3) is 5.62. The molecule has 2 fully saturated rings. The van der Waals surface area contributed by atoms with Crippen molar-refractivity contribution >= 4 is 24.0 Å². The molecule has 0 atom stereocenters. The number of ether oxygens (including phenoxy) is 2. The summed E-state index contributed by atoms with van der Waals surface area (Å²) in [5.74, 6) is 1.14. The fourth-order valence-electron chi connectivity index (χ4n) is 4.03. The molecule has 5 rings (SSSR count). The monoisotopic (exact) mass is 487 g/mol. The molecule has 0 radical (unpaired) electrons. The van der Waals surface area contributed by atoms with Crippen molar-refractivity contribution in [1.29, 1.82) is 5.26 Å². The Morgan fingerprint density at radius 1 is 1.14 bits per heavy atom. The molecule has 0 N–H and O–H groups in total. The van der Waals surface area contributed by atoms with Gasteiger partial charge in [-0.3, -0.25) is 9.69 Å². The van der Waals surface area contributed by atoms with Crippen LogP contribution < -0.4 is 9.64 Å². The van der Waals surface area contributed by atoms with Crippen LogP contribution in [0.5, 0.6) is 5.88 Å². The third-order valence-corrected chi connectivity index (χ3v) is 7.13. The van der Waals surface area contributed by atoms with Gasteiger partial charge in [-0.1, -0.05) is 30.0 Å². The van der Waals surface area contributed by atoms with Crippen LogP contribution in [0.4, 0.5) is 5.95 Å². The lowest BCUT2D eigenvalue weighted by Gasteiger charge is -2.42. The van der Waals surface area contributed by atoms with E-state index in [-0.39, 0.29) is 6.61 Å². The minimum Gasteiger partial charge on any atom is -0.472 e. The first-order valence-electron chi connectivity index (χ1n) is 11.5. The van der Waals surface area contributed by atoms with Crippen LogP contribution in [0.3, 0.4) is 0 Å². The van der Waals surface area contributed by atoms with Crippen molar-refractivity contribution in [2.75, 3.05) is 44.3 Å². The van der Waals surface area contributed by atoms with Crippen LogP contribution in [0, 0.1) is 11.3 Å². The fourth-order valence-corrected chi connectivity index (χ4v) is 4.85. The van der Waals surface area contributed by atoms with E-state index in [1.165, 1.54) is 11.8 Å². The van der Waals surface area contributed by atoms with Gasteiger partial charge in [-0.2, -0.15) is 10.2 Å². The molecule has 0 saturated carbocycles. The van der Waals surface area contributed by atoms with Gasteiger partial charge in [-0.05, 0) is 35.9 Å². The van der Waals surface area contributed by atoms with Crippen molar-refractivity contribution in [1.82, 2.24) is 14.9 Å². The molecule has 2 aliphatic rings. The van der Waals surface area contributed by atoms with Gasteiger partial charge >= 0.3 is 0 Å². The van der Waals surface area contributed by atoms with Crippen molar-refractivity contribution in [3.8, 4) is 11.9 Å². The third-order valence-electron chi connectivity index (χ3n) is 6.12. The van der Waals surface area contributed by atoms with Crippen molar-refractivity contribution < 1.29 is 14.3 Å². The molecule has 178 valence electrons. The van der Waals surface area contributed by atoms with Gasteiger partial charge in [0.1, 0.15) is 12.9 Å². The van der Waals surface area contributed by atoms with Crippen molar-refractivity contribution in [3.05, 3.63) is 71.4 Å². The van der Waals surface area contributed by atoms with Gasteiger partial charge in [0.2, 0.25) is 11.8 Å². The highest BCUT2D eigenvalue weighted by molar-refractivity contribution is 7.99. The van der Waals surface area contributed by atoms with Gasteiger partial charge in [0, 0.05) is 36.6 Å². The van der Waals surface area contributed by atoms with E-state index < -0.39 is 0 Å². The quantitative estimate of drug-likeness (QED) is 0.443. The molecule has 3 aromatic rings. The number of rotatable bonds is 8. The molecular weight excluding hydrogens is 462 g/mol. The summed E-state index contributed by atoms with van der Waals surface area (Å²) in [6.07, 6.45) is 2.63. The highest BCUT2D eigenvalue weighted by Gasteiger charge is 2.29. The number of hydrogen-bond acceptors (Lipinski definition) is 9. The first-order chi connectivity index (χ1) is 17.2. The number of nitrogens with zero attached hydrogens (tertiary/aromatic N) is 5. The molecule has 2 aliphatic heterocycles. The predicted molar refractivity (Wildman–Crippen MR) is 132 cm³/mol. The van der Waals surface area contributed by atoms with Crippen molar-refractivity contribution in [2.24, 2.45) is 0 Å². The molecule has 1 aromatic heterocycles. The average molecular weight is 488 g/mol. The minimum absolute atomic E-state index is 0.286. The molecule has 0 unspecified atom stereocenters. The van der Waals surface area contributed by atoms with E-state index in [0.717, 1.165) is 61.0 Å². The molecule has 0 spiro atoms. The van der Waals surface area contributed by atoms with Crippen LogP contribution in [-0.4, -0.2) is 66.6 Å². The number of piperazine rings is 1. The maximum absolute atomic E-state index is 11.1. The van der Waals surface area contributed by atoms with E-state index in [0.29, 0.717) is 29.0 Å². The number of hydrogen-bond donors (Lipinski definition) is 0. The number of anilines is 1. The molecule has 8 nitrogen and oxygen atoms in total. The Labute approximate surface area is 208 Å². The zero-order valence-corrected chi connectivity index (χ0v) is 20.0. The van der Waals surface area contributed by atoms with Gasteiger partial charge in [0.25, 0.3) is 0 Å². The van der Waals surface area contributed by atoms with E-state index in [4.69, 9.17) is 19.7 Å². The Balaban J connectivity index is 1.35. The first kappa shape index (κ1) is 23.3. The molecule has 9 heteroatoms. The molecule has 0 bridgehead atoms. The average Bonchev–Trinajstić information content (AvgIpc) is 2.88. The van der Waals surface area contributed by atoms with Crippen LogP contribution in [0.15, 0.2) is 64.5 Å². The SMILES string of the molecule is N#Cc1ccc(Sc2cnc(N3CCN(C4COC4)CC3)nc2OCc2cccc(C=O)c2)cc1. The van der Waals surface area contributed by atoms with Gasteiger partial charge in [0.15, 0.2) is 0 Å². The second-order valence-corrected chi connectivity index (χ2v) is 9.56. The second-order valence-electron chi connectivity index (χ2n) is 8.44. The summed E-state index contributed by atoms with van der Waals surface area (Å²) in [6, 6.07) is 17.4. The van der Waals surface area contributed by atoms with Gasteiger partial charge in [-0.25, -0.2) is 4.98 Å². The fraction of sp³-hybridized carbons (Fsp3) is 0.308. The Morgan fingerprint density at radius 2 is 1.94 bits per heavy atom. The van der Waals surface area contributed by atoms with E-state index in [9.17, 15) is 4.79 Å². The molecule has 2 aromatic carbocycles. The van der Waals surface area contributed by atoms with E-state index in [2.05, 4.69) is 20.9 Å². The second kappa shape index (κ2) is 10.9. The van der Waals surface area contributed by atoms with E-state index >= 15 is 0 Å². The van der Waals surface area contributed by atoms with Crippen LogP contribution >= 0.6 is 11.8 Å². The Morgan fingerprint density at radius 3 is 2.63 bits per heavy atom. The van der Waals surface area contributed by atoms with Crippen molar-refractivity contribution in [2.45, 2.75) is 22.4 Å². The standard InChI is InChI=1S/C26H25N5O3S/c27-13-19-4-6-23(7-5-19)35-24-14-28-26(31-10-8-30(9-11-31)22-17-33-18-22)29-25(24)34-16-21-3-1-2-20(12-21)15-32/h1-7,12,14-15,22H,8-11,16-18H2. The lowest BCUT2D eigenvalue weighted by atomic mass is 10.1. The van der Waals surface area contributed by atoms with Crippen LogP contribution in [0.2, 0.25) is 0 Å². The molecular formula is C26H25N5O3S.